The second-order valence-electron chi connectivity index (χ2n) is 14.1. The maximum Gasteiger partial charge on any atom is 0.343 e. The molecule has 7 rings (SSSR count). The highest BCUT2D eigenvalue weighted by atomic mass is 16.7. The SMILES string of the molecule is Cc1cc(OCOC2(C)COC2)ccc1Oc1ccc2c(c1)C(C)(C)c1cc(OC(=O)c3ccc(OCOC4(C)COC4)cc3C)ccc1-2. The number of aryl methyl sites for hydroxylation is 2. The molecule has 2 saturated heterocycles. The van der Waals surface area contributed by atoms with Gasteiger partial charge < -0.3 is 37.9 Å². The van der Waals surface area contributed by atoms with Crippen LogP contribution in [0.15, 0.2) is 72.8 Å². The van der Waals surface area contributed by atoms with Crippen LogP contribution in [0, 0.1) is 13.8 Å². The first-order chi connectivity index (χ1) is 23.4. The smallest absolute Gasteiger partial charge is 0.343 e. The summed E-state index contributed by atoms with van der Waals surface area (Å²) in [5, 5.41) is 0. The number of carbonyl (C=O) groups is 1. The minimum atomic E-state index is -0.426. The molecule has 0 amide bonds. The average Bonchev–Trinajstić information content (AvgIpc) is 3.26. The number of hydrogen-bond acceptors (Lipinski definition) is 9. The molecule has 0 saturated carbocycles. The summed E-state index contributed by atoms with van der Waals surface area (Å²) in [5.41, 5.74) is 5.71. The Morgan fingerprint density at radius 2 is 1.14 bits per heavy atom. The van der Waals surface area contributed by atoms with Crippen molar-refractivity contribution in [1.29, 1.82) is 0 Å². The predicted octanol–water partition coefficient (Wildman–Crippen LogP) is 7.90. The van der Waals surface area contributed by atoms with Crippen molar-refractivity contribution < 1.29 is 42.7 Å². The van der Waals surface area contributed by atoms with Gasteiger partial charge in [-0.1, -0.05) is 26.0 Å². The summed E-state index contributed by atoms with van der Waals surface area (Å²) in [6, 6.07) is 23.0. The molecule has 0 spiro atoms. The lowest BCUT2D eigenvalue weighted by molar-refractivity contribution is -0.222. The van der Waals surface area contributed by atoms with Gasteiger partial charge in [-0.2, -0.15) is 0 Å². The van der Waals surface area contributed by atoms with Gasteiger partial charge in [-0.3, -0.25) is 0 Å². The van der Waals surface area contributed by atoms with Crippen molar-refractivity contribution in [3.63, 3.8) is 0 Å². The van der Waals surface area contributed by atoms with Crippen LogP contribution >= 0.6 is 0 Å². The largest absolute Gasteiger partial charge is 0.468 e. The summed E-state index contributed by atoms with van der Waals surface area (Å²) in [5.74, 6) is 2.89. The zero-order valence-electron chi connectivity index (χ0n) is 28.8. The molecule has 9 heteroatoms. The fourth-order valence-electron chi connectivity index (χ4n) is 6.32. The molecular weight excluding hydrogens is 624 g/mol. The van der Waals surface area contributed by atoms with E-state index in [1.165, 1.54) is 0 Å². The highest BCUT2D eigenvalue weighted by Gasteiger charge is 2.37. The molecule has 0 bridgehead atoms. The highest BCUT2D eigenvalue weighted by Crippen LogP contribution is 2.51. The van der Waals surface area contributed by atoms with E-state index in [1.54, 1.807) is 12.1 Å². The Morgan fingerprint density at radius 1 is 0.633 bits per heavy atom. The molecule has 4 aromatic rings. The quantitative estimate of drug-likeness (QED) is 0.0850. The van der Waals surface area contributed by atoms with E-state index in [1.807, 2.05) is 76.2 Å². The van der Waals surface area contributed by atoms with Crippen molar-refractivity contribution >= 4 is 5.97 Å². The maximum atomic E-state index is 13.3. The Bertz CT molecular complexity index is 1890. The number of benzene rings is 4. The zero-order valence-corrected chi connectivity index (χ0v) is 28.8. The third-order valence-corrected chi connectivity index (χ3v) is 9.52. The molecule has 9 nitrogen and oxygen atoms in total. The molecule has 4 aromatic carbocycles. The van der Waals surface area contributed by atoms with E-state index in [0.717, 1.165) is 44.9 Å². The van der Waals surface area contributed by atoms with Gasteiger partial charge in [0.1, 0.15) is 39.9 Å². The van der Waals surface area contributed by atoms with Gasteiger partial charge in [-0.05, 0) is 122 Å². The number of ether oxygens (including phenoxy) is 8. The first kappa shape index (κ1) is 33.1. The molecule has 1 aliphatic carbocycles. The van der Waals surface area contributed by atoms with Crippen LogP contribution in [0.25, 0.3) is 11.1 Å². The van der Waals surface area contributed by atoms with E-state index in [2.05, 4.69) is 26.0 Å². The van der Waals surface area contributed by atoms with Crippen LogP contribution < -0.4 is 18.9 Å². The number of hydrogen-bond donors (Lipinski definition) is 0. The molecule has 0 N–H and O–H groups in total. The van der Waals surface area contributed by atoms with E-state index < -0.39 is 5.97 Å². The number of rotatable bonds is 12. The minimum Gasteiger partial charge on any atom is -0.468 e. The van der Waals surface area contributed by atoms with Crippen molar-refractivity contribution in [3.8, 4) is 39.9 Å². The van der Waals surface area contributed by atoms with Crippen molar-refractivity contribution in [2.45, 2.75) is 58.2 Å². The number of esters is 1. The molecule has 2 aliphatic heterocycles. The van der Waals surface area contributed by atoms with Crippen LogP contribution in [0.4, 0.5) is 0 Å². The Labute approximate surface area is 286 Å². The molecular formula is C40H42O9. The Kier molecular flexibility index (Phi) is 8.65. The molecule has 2 fully saturated rings. The van der Waals surface area contributed by atoms with Gasteiger partial charge in [0.15, 0.2) is 13.6 Å². The Hall–Kier alpha value is -4.41. The summed E-state index contributed by atoms with van der Waals surface area (Å²) in [6.45, 7) is 14.7. The third kappa shape index (κ3) is 6.76. The van der Waals surface area contributed by atoms with Crippen molar-refractivity contribution in [3.05, 3.63) is 101 Å². The van der Waals surface area contributed by atoms with E-state index in [-0.39, 0.29) is 30.2 Å². The van der Waals surface area contributed by atoms with Crippen LogP contribution in [0.1, 0.15) is 60.3 Å². The lowest BCUT2D eigenvalue weighted by Gasteiger charge is -2.37. The molecule has 0 radical (unpaired) electrons. The lowest BCUT2D eigenvalue weighted by atomic mass is 9.82. The second-order valence-corrected chi connectivity index (χ2v) is 14.1. The van der Waals surface area contributed by atoms with E-state index >= 15 is 0 Å². The van der Waals surface area contributed by atoms with Crippen LogP contribution in [0.2, 0.25) is 0 Å². The second kappa shape index (κ2) is 12.8. The van der Waals surface area contributed by atoms with Crippen LogP contribution in [-0.4, -0.2) is 57.2 Å². The van der Waals surface area contributed by atoms with Crippen molar-refractivity contribution in [2.75, 3.05) is 40.0 Å². The summed E-state index contributed by atoms with van der Waals surface area (Å²) in [6.07, 6.45) is 0. The van der Waals surface area contributed by atoms with Gasteiger partial charge in [0.2, 0.25) is 0 Å². The van der Waals surface area contributed by atoms with Gasteiger partial charge in [0, 0.05) is 5.41 Å². The molecule has 49 heavy (non-hydrogen) atoms. The van der Waals surface area contributed by atoms with Gasteiger partial charge in [0.05, 0.1) is 32.0 Å². The standard InChI is InChI=1S/C40H42O9/c1-25-15-27(44-23-46-39(5)19-42-20-39)7-11-31(25)37(41)49-30-9-13-33-32-12-8-29(17-34(32)38(3,4)35(33)18-30)48-36-14-10-28(16-26(36)2)45-24-47-40(6)21-43-22-40/h7-18H,19-24H2,1-6H3. The number of carbonyl (C=O) groups excluding carboxylic acids is 1. The normalized spacial score (nSPS) is 17.6. The van der Waals surface area contributed by atoms with Gasteiger partial charge in [-0.25, -0.2) is 4.79 Å². The molecule has 0 atom stereocenters. The van der Waals surface area contributed by atoms with Gasteiger partial charge >= 0.3 is 5.97 Å². The number of fused-ring (bicyclic) bond motifs is 3. The molecule has 0 aromatic heterocycles. The minimum absolute atomic E-state index is 0.110. The van der Waals surface area contributed by atoms with Crippen molar-refractivity contribution in [1.82, 2.24) is 0 Å². The first-order valence-corrected chi connectivity index (χ1v) is 16.5. The van der Waals surface area contributed by atoms with E-state index in [0.29, 0.717) is 49.2 Å². The van der Waals surface area contributed by atoms with E-state index in [9.17, 15) is 4.79 Å². The summed E-state index contributed by atoms with van der Waals surface area (Å²) >= 11 is 0. The molecule has 256 valence electrons. The monoisotopic (exact) mass is 666 g/mol. The summed E-state index contributed by atoms with van der Waals surface area (Å²) in [4.78, 5) is 13.3. The summed E-state index contributed by atoms with van der Waals surface area (Å²) < 4.78 is 45.8. The lowest BCUT2D eigenvalue weighted by Crippen LogP contribution is -2.49. The van der Waals surface area contributed by atoms with Crippen LogP contribution in [0.3, 0.4) is 0 Å². The molecule has 0 unspecified atom stereocenters. The average molecular weight is 667 g/mol. The highest BCUT2D eigenvalue weighted by molar-refractivity contribution is 5.93. The fraction of sp³-hybridized carbons (Fsp3) is 0.375. The van der Waals surface area contributed by atoms with Gasteiger partial charge in [0.25, 0.3) is 0 Å². The molecule has 3 aliphatic rings. The fourth-order valence-corrected chi connectivity index (χ4v) is 6.32. The Morgan fingerprint density at radius 3 is 1.67 bits per heavy atom. The van der Waals surface area contributed by atoms with Crippen LogP contribution in [-0.2, 0) is 24.4 Å². The predicted molar refractivity (Wildman–Crippen MR) is 183 cm³/mol. The Balaban J connectivity index is 0.999. The van der Waals surface area contributed by atoms with Crippen LogP contribution in [0.5, 0.6) is 28.7 Å². The van der Waals surface area contributed by atoms with Gasteiger partial charge in [-0.15, -0.1) is 0 Å². The zero-order chi connectivity index (χ0) is 34.4. The maximum absolute atomic E-state index is 13.3. The third-order valence-electron chi connectivity index (χ3n) is 9.52. The topological polar surface area (TPSA) is 90.9 Å². The first-order valence-electron chi connectivity index (χ1n) is 16.5. The van der Waals surface area contributed by atoms with E-state index in [4.69, 9.17) is 37.9 Å². The summed E-state index contributed by atoms with van der Waals surface area (Å²) in [7, 11) is 0. The van der Waals surface area contributed by atoms with Crippen molar-refractivity contribution in [2.24, 2.45) is 0 Å². The molecule has 2 heterocycles.